The van der Waals surface area contributed by atoms with Crippen molar-refractivity contribution < 1.29 is 4.79 Å². The third-order valence-electron chi connectivity index (χ3n) is 4.06. The van der Waals surface area contributed by atoms with Crippen LogP contribution in [0.3, 0.4) is 0 Å². The topological polar surface area (TPSA) is 46.3 Å². The van der Waals surface area contributed by atoms with Crippen LogP contribution in [0.4, 0.5) is 0 Å². The van der Waals surface area contributed by atoms with Crippen LogP contribution >= 0.6 is 11.8 Å². The summed E-state index contributed by atoms with van der Waals surface area (Å²) in [6.45, 7) is 2.37. The zero-order valence-corrected chi connectivity index (χ0v) is 12.8. The number of amides is 1. The fourth-order valence-electron chi connectivity index (χ4n) is 2.75. The fraction of sp³-hybridized carbons (Fsp3) is 0.353. The van der Waals surface area contributed by atoms with Crippen molar-refractivity contribution in [1.29, 1.82) is 0 Å². The normalized spacial score (nSPS) is 18.3. The molecule has 1 fully saturated rings. The van der Waals surface area contributed by atoms with Crippen molar-refractivity contribution in [1.82, 2.24) is 4.90 Å². The number of thioether (sulfide) groups is 1. The second-order valence-corrected chi connectivity index (χ2v) is 6.58. The number of rotatable bonds is 4. The summed E-state index contributed by atoms with van der Waals surface area (Å²) in [4.78, 5) is 15.3. The summed E-state index contributed by atoms with van der Waals surface area (Å²) in [5.41, 5.74) is 5.67. The molecular formula is C17H20N2OS. The molecule has 4 heteroatoms. The molecule has 1 unspecified atom stereocenters. The van der Waals surface area contributed by atoms with Gasteiger partial charge in [0.15, 0.2) is 0 Å². The van der Waals surface area contributed by atoms with E-state index in [-0.39, 0.29) is 5.91 Å². The van der Waals surface area contributed by atoms with Gasteiger partial charge in [0.25, 0.3) is 0 Å². The molecule has 0 aromatic heterocycles. The Morgan fingerprint density at radius 1 is 1.24 bits per heavy atom. The quantitative estimate of drug-likeness (QED) is 0.883. The average Bonchev–Trinajstić information content (AvgIpc) is 3.01. The predicted octanol–water partition coefficient (Wildman–Crippen LogP) is 2.74. The number of hydrogen-bond donors (Lipinski definition) is 1. The molecule has 2 aromatic rings. The molecule has 3 rings (SSSR count). The van der Waals surface area contributed by atoms with E-state index >= 15 is 0 Å². The molecular weight excluding hydrogens is 280 g/mol. The van der Waals surface area contributed by atoms with Crippen molar-refractivity contribution >= 4 is 28.4 Å². The van der Waals surface area contributed by atoms with Crippen LogP contribution < -0.4 is 5.73 Å². The zero-order chi connectivity index (χ0) is 14.7. The molecule has 1 aliphatic heterocycles. The Morgan fingerprint density at radius 3 is 2.81 bits per heavy atom. The molecule has 1 aliphatic rings. The van der Waals surface area contributed by atoms with E-state index < -0.39 is 0 Å². The van der Waals surface area contributed by atoms with Crippen LogP contribution in [0.25, 0.3) is 10.8 Å². The molecule has 0 saturated carbocycles. The van der Waals surface area contributed by atoms with Gasteiger partial charge in [-0.1, -0.05) is 30.3 Å². The molecule has 2 N–H and O–H groups in total. The highest BCUT2D eigenvalue weighted by Gasteiger charge is 2.24. The molecule has 0 spiro atoms. The second-order valence-electron chi connectivity index (χ2n) is 5.53. The fourth-order valence-corrected chi connectivity index (χ4v) is 3.59. The second kappa shape index (κ2) is 6.50. The molecule has 3 nitrogen and oxygen atoms in total. The number of fused-ring (bicyclic) bond motifs is 1. The molecule has 0 aliphatic carbocycles. The number of nitrogens with zero attached hydrogens (tertiary/aromatic N) is 1. The first-order chi connectivity index (χ1) is 10.3. The Morgan fingerprint density at radius 2 is 2.05 bits per heavy atom. The maximum absolute atomic E-state index is 12.2. The number of nitrogens with two attached hydrogens (primary N) is 1. The maximum Gasteiger partial charge on any atom is 0.232 e. The van der Waals surface area contributed by atoms with E-state index in [2.05, 4.69) is 30.3 Å². The SMILES string of the molecule is NCC1CCN(C(=O)CSc2ccc3ccccc3c2)C1. The van der Waals surface area contributed by atoms with Crippen LogP contribution in [-0.2, 0) is 4.79 Å². The minimum atomic E-state index is 0.226. The van der Waals surface area contributed by atoms with Gasteiger partial charge in [0.2, 0.25) is 5.91 Å². The lowest BCUT2D eigenvalue weighted by molar-refractivity contribution is -0.127. The minimum Gasteiger partial charge on any atom is -0.342 e. The highest BCUT2D eigenvalue weighted by Crippen LogP contribution is 2.24. The van der Waals surface area contributed by atoms with Crippen molar-refractivity contribution in [3.05, 3.63) is 42.5 Å². The number of benzene rings is 2. The van der Waals surface area contributed by atoms with E-state index in [1.165, 1.54) is 10.8 Å². The highest BCUT2D eigenvalue weighted by atomic mass is 32.2. The van der Waals surface area contributed by atoms with E-state index in [0.29, 0.717) is 18.2 Å². The van der Waals surface area contributed by atoms with E-state index in [1.807, 2.05) is 17.0 Å². The maximum atomic E-state index is 12.2. The van der Waals surface area contributed by atoms with Crippen LogP contribution in [0.1, 0.15) is 6.42 Å². The summed E-state index contributed by atoms with van der Waals surface area (Å²) >= 11 is 1.62. The third-order valence-corrected chi connectivity index (χ3v) is 5.03. The molecule has 1 atom stereocenters. The number of carbonyl (C=O) groups excluding carboxylic acids is 1. The van der Waals surface area contributed by atoms with Crippen molar-refractivity contribution in [3.63, 3.8) is 0 Å². The van der Waals surface area contributed by atoms with Crippen molar-refractivity contribution in [2.75, 3.05) is 25.4 Å². The average molecular weight is 300 g/mol. The van der Waals surface area contributed by atoms with Crippen LogP contribution in [-0.4, -0.2) is 36.2 Å². The van der Waals surface area contributed by atoms with E-state index in [9.17, 15) is 4.79 Å². The largest absolute Gasteiger partial charge is 0.342 e. The lowest BCUT2D eigenvalue weighted by Gasteiger charge is -2.16. The van der Waals surface area contributed by atoms with E-state index in [4.69, 9.17) is 5.73 Å². The van der Waals surface area contributed by atoms with Crippen molar-refractivity contribution in [2.45, 2.75) is 11.3 Å². The summed E-state index contributed by atoms with van der Waals surface area (Å²) < 4.78 is 0. The summed E-state index contributed by atoms with van der Waals surface area (Å²) in [5.74, 6) is 1.22. The Hall–Kier alpha value is -1.52. The summed E-state index contributed by atoms with van der Waals surface area (Å²) in [7, 11) is 0. The smallest absolute Gasteiger partial charge is 0.232 e. The first-order valence-electron chi connectivity index (χ1n) is 7.35. The van der Waals surface area contributed by atoms with Gasteiger partial charge in [-0.15, -0.1) is 11.8 Å². The lowest BCUT2D eigenvalue weighted by atomic mass is 10.1. The molecule has 2 aromatic carbocycles. The Labute approximate surface area is 129 Å². The molecule has 110 valence electrons. The van der Waals surface area contributed by atoms with Gasteiger partial charge in [-0.05, 0) is 41.8 Å². The minimum absolute atomic E-state index is 0.226. The van der Waals surface area contributed by atoms with Gasteiger partial charge >= 0.3 is 0 Å². The molecule has 1 saturated heterocycles. The monoisotopic (exact) mass is 300 g/mol. The van der Waals surface area contributed by atoms with Gasteiger partial charge < -0.3 is 10.6 Å². The standard InChI is InChI=1S/C17H20N2OS/c18-10-13-7-8-19(11-13)17(20)12-21-16-6-5-14-3-1-2-4-15(14)9-16/h1-6,9,13H,7-8,10-12,18H2. The van der Waals surface area contributed by atoms with Crippen LogP contribution in [0, 0.1) is 5.92 Å². The van der Waals surface area contributed by atoms with Crippen LogP contribution in [0.2, 0.25) is 0 Å². The molecule has 0 radical (unpaired) electrons. The van der Waals surface area contributed by atoms with Crippen molar-refractivity contribution in [3.8, 4) is 0 Å². The van der Waals surface area contributed by atoms with E-state index in [0.717, 1.165) is 24.4 Å². The number of carbonyl (C=O) groups is 1. The first-order valence-corrected chi connectivity index (χ1v) is 8.34. The Balaban J connectivity index is 1.60. The number of hydrogen-bond acceptors (Lipinski definition) is 3. The third kappa shape index (κ3) is 3.39. The van der Waals surface area contributed by atoms with Gasteiger partial charge in [0, 0.05) is 18.0 Å². The molecule has 1 heterocycles. The van der Waals surface area contributed by atoms with Gasteiger partial charge in [0.05, 0.1) is 5.75 Å². The van der Waals surface area contributed by atoms with Gasteiger partial charge in [-0.25, -0.2) is 0 Å². The van der Waals surface area contributed by atoms with Crippen LogP contribution in [0.15, 0.2) is 47.4 Å². The summed E-state index contributed by atoms with van der Waals surface area (Å²) in [5, 5.41) is 2.46. The van der Waals surface area contributed by atoms with Crippen LogP contribution in [0.5, 0.6) is 0 Å². The zero-order valence-electron chi connectivity index (χ0n) is 12.0. The highest BCUT2D eigenvalue weighted by molar-refractivity contribution is 8.00. The Kier molecular flexibility index (Phi) is 4.46. The predicted molar refractivity (Wildman–Crippen MR) is 88.4 cm³/mol. The summed E-state index contributed by atoms with van der Waals surface area (Å²) in [6.07, 6.45) is 1.04. The molecule has 1 amide bonds. The number of likely N-dealkylation sites (tertiary alicyclic amines) is 1. The molecule has 0 bridgehead atoms. The van der Waals surface area contributed by atoms with Crippen molar-refractivity contribution in [2.24, 2.45) is 11.7 Å². The Bertz CT molecular complexity index is 643. The van der Waals surface area contributed by atoms with Gasteiger partial charge in [-0.2, -0.15) is 0 Å². The molecule has 21 heavy (non-hydrogen) atoms. The van der Waals surface area contributed by atoms with Gasteiger partial charge in [-0.3, -0.25) is 4.79 Å². The lowest BCUT2D eigenvalue weighted by Crippen LogP contribution is -2.31. The first kappa shape index (κ1) is 14.4. The van der Waals surface area contributed by atoms with Gasteiger partial charge in [0.1, 0.15) is 0 Å². The van der Waals surface area contributed by atoms with E-state index in [1.54, 1.807) is 11.8 Å². The summed E-state index contributed by atoms with van der Waals surface area (Å²) in [6, 6.07) is 14.6.